The Morgan fingerprint density at radius 2 is 2.07 bits per heavy atom. The number of carboxylic acids is 1. The van der Waals surface area contributed by atoms with Crippen molar-refractivity contribution in [2.24, 2.45) is 0 Å². The lowest BCUT2D eigenvalue weighted by Crippen LogP contribution is -2.34. The average Bonchev–Trinajstić information content (AvgIpc) is 2.16. The summed E-state index contributed by atoms with van der Waals surface area (Å²) >= 11 is 0. The summed E-state index contributed by atoms with van der Waals surface area (Å²) in [6, 6.07) is 0. The maximum atomic E-state index is 10.9. The van der Waals surface area contributed by atoms with Crippen LogP contribution in [0.1, 0.15) is 19.8 Å². The van der Waals surface area contributed by atoms with Crippen LogP contribution in [0.4, 0.5) is 0 Å². The highest BCUT2D eigenvalue weighted by Crippen LogP contribution is 2.05. The van der Waals surface area contributed by atoms with Crippen LogP contribution in [0.15, 0.2) is 11.6 Å². The molecule has 0 atom stereocenters. The van der Waals surface area contributed by atoms with E-state index in [0.717, 1.165) is 13.1 Å². The topological polar surface area (TPSA) is 57.6 Å². The second kappa shape index (κ2) is 4.91. The first-order chi connectivity index (χ1) is 6.59. The molecule has 78 valence electrons. The number of hydrogen-bond donors (Lipinski definition) is 1. The van der Waals surface area contributed by atoms with E-state index in [1.165, 1.54) is 0 Å². The Kier molecular flexibility index (Phi) is 3.83. The highest BCUT2D eigenvalue weighted by Gasteiger charge is 2.14. The van der Waals surface area contributed by atoms with Crippen molar-refractivity contribution >= 4 is 11.8 Å². The number of carboxylic acid groups (broad SMARTS) is 1. The zero-order valence-electron chi connectivity index (χ0n) is 8.32. The van der Waals surface area contributed by atoms with E-state index in [1.807, 2.05) is 0 Å². The summed E-state index contributed by atoms with van der Waals surface area (Å²) in [6.07, 6.45) is 2.89. The first-order valence-corrected chi connectivity index (χ1v) is 4.73. The van der Waals surface area contributed by atoms with Gasteiger partial charge >= 0.3 is 5.97 Å². The van der Waals surface area contributed by atoms with Crippen molar-refractivity contribution < 1.29 is 14.7 Å². The number of nitrogens with zero attached hydrogens (tertiary/aromatic N) is 1. The van der Waals surface area contributed by atoms with E-state index in [-0.39, 0.29) is 0 Å². The second-order valence-corrected chi connectivity index (χ2v) is 3.53. The minimum Gasteiger partial charge on any atom is -0.478 e. The van der Waals surface area contributed by atoms with Crippen molar-refractivity contribution in [1.29, 1.82) is 0 Å². The van der Waals surface area contributed by atoms with Crippen LogP contribution in [0.3, 0.4) is 0 Å². The summed E-state index contributed by atoms with van der Waals surface area (Å²) in [5.74, 6) is -0.571. The maximum Gasteiger partial charge on any atom is 0.330 e. The molecule has 1 rings (SSSR count). The number of Topliss-reactive ketones (excluding diaryl/α,β-unsaturated/α-hetero) is 1. The smallest absolute Gasteiger partial charge is 0.330 e. The Labute approximate surface area is 83.2 Å². The van der Waals surface area contributed by atoms with Gasteiger partial charge in [-0.25, -0.2) is 4.79 Å². The normalized spacial score (nSPS) is 19.8. The minimum absolute atomic E-state index is 0.306. The largest absolute Gasteiger partial charge is 0.478 e. The van der Waals surface area contributed by atoms with Crippen LogP contribution in [0.5, 0.6) is 0 Å². The van der Waals surface area contributed by atoms with Crippen molar-refractivity contribution in [1.82, 2.24) is 4.90 Å². The van der Waals surface area contributed by atoms with Crippen LogP contribution >= 0.6 is 0 Å². The molecular weight excluding hydrogens is 182 g/mol. The zero-order valence-corrected chi connectivity index (χ0v) is 8.32. The lowest BCUT2D eigenvalue weighted by molar-refractivity contribution is -0.132. The Morgan fingerprint density at radius 3 is 2.57 bits per heavy atom. The number of aliphatic carboxylic acids is 1. The van der Waals surface area contributed by atoms with E-state index in [4.69, 9.17) is 5.11 Å². The van der Waals surface area contributed by atoms with E-state index < -0.39 is 5.97 Å². The van der Waals surface area contributed by atoms with Crippen LogP contribution in [0, 0.1) is 0 Å². The first kappa shape index (κ1) is 10.9. The van der Waals surface area contributed by atoms with Gasteiger partial charge in [-0.2, -0.15) is 0 Å². The average molecular weight is 197 g/mol. The molecule has 1 aliphatic rings. The summed E-state index contributed by atoms with van der Waals surface area (Å²) in [7, 11) is 0. The number of carbonyl (C=O) groups excluding carboxylic acids is 1. The SMILES string of the molecule is C/C(=C\CN1CCC(=O)CC1)C(=O)O. The molecule has 14 heavy (non-hydrogen) atoms. The molecule has 0 amide bonds. The third-order valence-corrected chi connectivity index (χ3v) is 2.41. The predicted octanol–water partition coefficient (Wildman–Crippen LogP) is 0.682. The fourth-order valence-electron chi connectivity index (χ4n) is 1.34. The number of piperidine rings is 1. The molecule has 1 aliphatic heterocycles. The van der Waals surface area contributed by atoms with Gasteiger partial charge in [0.1, 0.15) is 5.78 Å². The molecule has 1 saturated heterocycles. The van der Waals surface area contributed by atoms with E-state index in [0.29, 0.717) is 30.7 Å². The third kappa shape index (κ3) is 3.30. The first-order valence-electron chi connectivity index (χ1n) is 4.73. The lowest BCUT2D eigenvalue weighted by atomic mass is 10.1. The number of carbonyl (C=O) groups is 2. The van der Waals surface area contributed by atoms with Crippen molar-refractivity contribution in [3.63, 3.8) is 0 Å². The van der Waals surface area contributed by atoms with Gasteiger partial charge in [0, 0.05) is 38.0 Å². The Balaban J connectivity index is 2.35. The molecule has 0 aromatic rings. The molecule has 0 saturated carbocycles. The molecule has 1 heterocycles. The molecule has 0 radical (unpaired) electrons. The molecule has 4 heteroatoms. The van der Waals surface area contributed by atoms with Crippen LogP contribution in [0.2, 0.25) is 0 Å². The summed E-state index contributed by atoms with van der Waals surface area (Å²) in [5, 5.41) is 8.61. The molecule has 0 bridgehead atoms. The molecule has 0 spiro atoms. The van der Waals surface area contributed by atoms with Gasteiger partial charge < -0.3 is 5.11 Å². The zero-order chi connectivity index (χ0) is 10.6. The predicted molar refractivity (Wildman–Crippen MR) is 52.1 cm³/mol. The number of likely N-dealkylation sites (tertiary alicyclic amines) is 1. The third-order valence-electron chi connectivity index (χ3n) is 2.41. The van der Waals surface area contributed by atoms with E-state index in [1.54, 1.807) is 13.0 Å². The van der Waals surface area contributed by atoms with Gasteiger partial charge in [-0.1, -0.05) is 6.08 Å². The standard InChI is InChI=1S/C10H15NO3/c1-8(10(13)14)2-5-11-6-3-9(12)4-7-11/h2H,3-7H2,1H3,(H,13,14)/b8-2+. The fraction of sp³-hybridized carbons (Fsp3) is 0.600. The van der Waals surface area contributed by atoms with Crippen LogP contribution < -0.4 is 0 Å². The van der Waals surface area contributed by atoms with Crippen LogP contribution in [-0.2, 0) is 9.59 Å². The molecule has 1 fully saturated rings. The van der Waals surface area contributed by atoms with Gasteiger partial charge in [-0.3, -0.25) is 9.69 Å². The molecular formula is C10H15NO3. The molecule has 4 nitrogen and oxygen atoms in total. The fourth-order valence-corrected chi connectivity index (χ4v) is 1.34. The number of ketones is 1. The van der Waals surface area contributed by atoms with E-state index in [9.17, 15) is 9.59 Å². The van der Waals surface area contributed by atoms with Crippen molar-refractivity contribution in [2.45, 2.75) is 19.8 Å². The van der Waals surface area contributed by atoms with Crippen LogP contribution in [-0.4, -0.2) is 41.4 Å². The summed E-state index contributed by atoms with van der Waals surface area (Å²) in [6.45, 7) is 3.72. The van der Waals surface area contributed by atoms with Crippen molar-refractivity contribution in [3.8, 4) is 0 Å². The highest BCUT2D eigenvalue weighted by molar-refractivity contribution is 5.85. The molecule has 0 unspecified atom stereocenters. The van der Waals surface area contributed by atoms with Gasteiger partial charge in [0.05, 0.1) is 0 Å². The van der Waals surface area contributed by atoms with E-state index >= 15 is 0 Å². The summed E-state index contributed by atoms with van der Waals surface area (Å²) in [5.41, 5.74) is 0.363. The molecule has 0 aliphatic carbocycles. The van der Waals surface area contributed by atoms with Crippen molar-refractivity contribution in [2.75, 3.05) is 19.6 Å². The van der Waals surface area contributed by atoms with E-state index in [2.05, 4.69) is 4.90 Å². The quantitative estimate of drug-likeness (QED) is 0.676. The maximum absolute atomic E-state index is 10.9. The lowest BCUT2D eigenvalue weighted by Gasteiger charge is -2.24. The molecule has 1 N–H and O–H groups in total. The van der Waals surface area contributed by atoms with Crippen molar-refractivity contribution in [3.05, 3.63) is 11.6 Å². The Hall–Kier alpha value is -1.16. The summed E-state index contributed by atoms with van der Waals surface area (Å²) in [4.78, 5) is 23.5. The number of rotatable bonds is 3. The Bertz CT molecular complexity index is 261. The van der Waals surface area contributed by atoms with Crippen LogP contribution in [0.25, 0.3) is 0 Å². The summed E-state index contributed by atoms with van der Waals surface area (Å²) < 4.78 is 0. The van der Waals surface area contributed by atoms with Gasteiger partial charge in [-0.05, 0) is 6.92 Å². The Morgan fingerprint density at radius 1 is 1.50 bits per heavy atom. The molecule has 0 aromatic heterocycles. The second-order valence-electron chi connectivity index (χ2n) is 3.53. The van der Waals surface area contributed by atoms with Gasteiger partial charge in [0.15, 0.2) is 0 Å². The van der Waals surface area contributed by atoms with Gasteiger partial charge in [-0.15, -0.1) is 0 Å². The monoisotopic (exact) mass is 197 g/mol. The van der Waals surface area contributed by atoms with Gasteiger partial charge in [0.2, 0.25) is 0 Å². The van der Waals surface area contributed by atoms with Gasteiger partial charge in [0.25, 0.3) is 0 Å². The highest BCUT2D eigenvalue weighted by atomic mass is 16.4. The number of hydrogen-bond acceptors (Lipinski definition) is 3. The molecule has 0 aromatic carbocycles. The minimum atomic E-state index is -0.877.